The molecule has 2 aromatic rings. The number of nitrogens with zero attached hydrogens (tertiary/aromatic N) is 1. The van der Waals surface area contributed by atoms with E-state index < -0.39 is 0 Å². The molecule has 1 aliphatic heterocycles. The van der Waals surface area contributed by atoms with Crippen molar-refractivity contribution in [2.45, 2.75) is 11.6 Å². The normalized spacial score (nSPS) is 21.6. The summed E-state index contributed by atoms with van der Waals surface area (Å²) in [5, 5.41) is 0. The minimum absolute atomic E-state index is 0.469. The van der Waals surface area contributed by atoms with Crippen LogP contribution in [-0.2, 0) is 0 Å². The first-order chi connectivity index (χ1) is 9.77. The zero-order valence-corrected chi connectivity index (χ0v) is 12.1. The first kappa shape index (κ1) is 13.2. The molecular formula is C18H20BN. The minimum Gasteiger partial charge on any atom is -0.346 e. The molecule has 0 aliphatic carbocycles. The third-order valence-electron chi connectivity index (χ3n) is 4.23. The lowest BCUT2D eigenvalue weighted by Gasteiger charge is -2.28. The molecule has 1 heterocycles. The summed E-state index contributed by atoms with van der Waals surface area (Å²) in [7, 11) is 4.37. The lowest BCUT2D eigenvalue weighted by molar-refractivity contribution is 0.620. The van der Waals surface area contributed by atoms with Crippen molar-refractivity contribution >= 4 is 6.85 Å². The van der Waals surface area contributed by atoms with E-state index in [9.17, 15) is 0 Å². The van der Waals surface area contributed by atoms with Crippen molar-refractivity contribution in [2.24, 2.45) is 0 Å². The van der Waals surface area contributed by atoms with Gasteiger partial charge in [-0.2, -0.15) is 0 Å². The highest BCUT2D eigenvalue weighted by Crippen LogP contribution is 2.37. The molecule has 0 saturated carbocycles. The van der Waals surface area contributed by atoms with E-state index in [0.717, 1.165) is 0 Å². The zero-order valence-electron chi connectivity index (χ0n) is 12.1. The molecule has 1 aliphatic rings. The van der Waals surface area contributed by atoms with Crippen LogP contribution in [-0.4, -0.2) is 25.8 Å². The molecule has 0 bridgehead atoms. The standard InChI is InChI=1S/C18H20BN/c1-20(2)19-17(15-9-5-3-6-10-15)13-14-18(19)16-11-7-4-8-12-16/h3-14,17-18H,1-2H3/t17-,18-/m1/s1. The van der Waals surface area contributed by atoms with Gasteiger partial charge in [0.1, 0.15) is 0 Å². The molecule has 0 fully saturated rings. The molecule has 0 spiro atoms. The predicted octanol–water partition coefficient (Wildman–Crippen LogP) is 3.76. The van der Waals surface area contributed by atoms with Gasteiger partial charge in [-0.15, -0.1) is 0 Å². The summed E-state index contributed by atoms with van der Waals surface area (Å²) in [4.78, 5) is 2.36. The maximum absolute atomic E-state index is 2.37. The Labute approximate surface area is 122 Å². The Bertz CT molecular complexity index is 527. The van der Waals surface area contributed by atoms with Crippen LogP contribution in [0.2, 0.25) is 0 Å². The molecular weight excluding hydrogens is 241 g/mol. The van der Waals surface area contributed by atoms with Gasteiger partial charge >= 0.3 is 0 Å². The summed E-state index contributed by atoms with van der Waals surface area (Å²) in [6.07, 6.45) is 4.75. The van der Waals surface area contributed by atoms with Crippen molar-refractivity contribution < 1.29 is 0 Å². The molecule has 20 heavy (non-hydrogen) atoms. The lowest BCUT2D eigenvalue weighted by Crippen LogP contribution is -2.40. The molecule has 0 saturated heterocycles. The van der Waals surface area contributed by atoms with Crippen LogP contribution >= 0.6 is 0 Å². The van der Waals surface area contributed by atoms with Gasteiger partial charge in [0.05, 0.1) is 0 Å². The van der Waals surface area contributed by atoms with Gasteiger partial charge in [-0.1, -0.05) is 72.8 Å². The van der Waals surface area contributed by atoms with Crippen molar-refractivity contribution in [3.63, 3.8) is 0 Å². The van der Waals surface area contributed by atoms with Gasteiger partial charge in [0.25, 0.3) is 0 Å². The third kappa shape index (κ3) is 2.44. The van der Waals surface area contributed by atoms with Gasteiger partial charge in [-0.3, -0.25) is 0 Å². The average molecular weight is 261 g/mol. The van der Waals surface area contributed by atoms with Crippen molar-refractivity contribution in [3.05, 3.63) is 83.9 Å². The Kier molecular flexibility index (Phi) is 3.75. The first-order valence-electron chi connectivity index (χ1n) is 7.22. The highest BCUT2D eigenvalue weighted by molar-refractivity contribution is 6.61. The van der Waals surface area contributed by atoms with Crippen LogP contribution in [0, 0.1) is 0 Å². The van der Waals surface area contributed by atoms with Crippen LogP contribution in [0.5, 0.6) is 0 Å². The largest absolute Gasteiger partial charge is 0.346 e. The quantitative estimate of drug-likeness (QED) is 0.600. The van der Waals surface area contributed by atoms with Crippen LogP contribution in [0.15, 0.2) is 72.8 Å². The smallest absolute Gasteiger partial charge is 0.246 e. The maximum Gasteiger partial charge on any atom is 0.246 e. The van der Waals surface area contributed by atoms with E-state index in [2.05, 4.69) is 91.7 Å². The van der Waals surface area contributed by atoms with Crippen molar-refractivity contribution in [1.82, 2.24) is 4.81 Å². The van der Waals surface area contributed by atoms with E-state index in [1.807, 2.05) is 0 Å². The molecule has 0 radical (unpaired) electrons. The minimum atomic E-state index is 0.469. The van der Waals surface area contributed by atoms with Crippen LogP contribution < -0.4 is 0 Å². The van der Waals surface area contributed by atoms with Gasteiger partial charge in [0.2, 0.25) is 6.85 Å². The van der Waals surface area contributed by atoms with E-state index in [1.165, 1.54) is 11.1 Å². The number of benzene rings is 2. The highest BCUT2D eigenvalue weighted by Gasteiger charge is 2.38. The van der Waals surface area contributed by atoms with Crippen molar-refractivity contribution in [1.29, 1.82) is 0 Å². The van der Waals surface area contributed by atoms with E-state index in [4.69, 9.17) is 0 Å². The summed E-state index contributed by atoms with van der Waals surface area (Å²) < 4.78 is 0. The fourth-order valence-corrected chi connectivity index (χ4v) is 3.30. The van der Waals surface area contributed by atoms with E-state index in [-0.39, 0.29) is 0 Å². The molecule has 1 nitrogen and oxygen atoms in total. The number of rotatable bonds is 3. The average Bonchev–Trinajstić information content (AvgIpc) is 2.94. The molecule has 100 valence electrons. The second-order valence-corrected chi connectivity index (χ2v) is 5.71. The summed E-state index contributed by atoms with van der Waals surface area (Å²) in [5.41, 5.74) is 2.81. The molecule has 0 unspecified atom stereocenters. The monoisotopic (exact) mass is 261 g/mol. The van der Waals surface area contributed by atoms with Gasteiger partial charge in [-0.25, -0.2) is 0 Å². The van der Waals surface area contributed by atoms with Crippen molar-refractivity contribution in [3.8, 4) is 0 Å². The predicted molar refractivity (Wildman–Crippen MR) is 86.9 cm³/mol. The maximum atomic E-state index is 2.37. The number of hydrogen-bond acceptors (Lipinski definition) is 1. The van der Waals surface area contributed by atoms with Crippen LogP contribution in [0.4, 0.5) is 0 Å². The molecule has 2 heteroatoms. The number of allylic oxidation sites excluding steroid dienone is 2. The topological polar surface area (TPSA) is 3.24 Å². The fraction of sp³-hybridized carbons (Fsp3) is 0.222. The van der Waals surface area contributed by atoms with Crippen LogP contribution in [0.3, 0.4) is 0 Å². The summed E-state index contributed by atoms with van der Waals surface area (Å²) in [6.45, 7) is 0.486. The molecule has 0 N–H and O–H groups in total. The van der Waals surface area contributed by atoms with Gasteiger partial charge in [0.15, 0.2) is 0 Å². The molecule has 0 aromatic heterocycles. The summed E-state index contributed by atoms with van der Waals surface area (Å²) in [6, 6.07) is 21.6. The number of hydrogen-bond donors (Lipinski definition) is 0. The molecule has 2 atom stereocenters. The van der Waals surface area contributed by atoms with E-state index >= 15 is 0 Å². The molecule has 2 aromatic carbocycles. The molecule has 0 amide bonds. The Hall–Kier alpha value is -1.80. The Morgan fingerprint density at radius 3 is 1.45 bits per heavy atom. The molecule has 3 rings (SSSR count). The highest BCUT2D eigenvalue weighted by atomic mass is 15.0. The Morgan fingerprint density at radius 1 is 0.700 bits per heavy atom. The van der Waals surface area contributed by atoms with Gasteiger partial charge in [0, 0.05) is 0 Å². The Balaban J connectivity index is 1.94. The van der Waals surface area contributed by atoms with Crippen LogP contribution in [0.1, 0.15) is 22.8 Å². The van der Waals surface area contributed by atoms with Gasteiger partial charge in [-0.05, 0) is 36.9 Å². The fourth-order valence-electron chi connectivity index (χ4n) is 3.30. The summed E-state index contributed by atoms with van der Waals surface area (Å²) in [5.74, 6) is 0.938. The van der Waals surface area contributed by atoms with E-state index in [0.29, 0.717) is 18.5 Å². The second kappa shape index (κ2) is 5.68. The van der Waals surface area contributed by atoms with Gasteiger partial charge < -0.3 is 4.81 Å². The third-order valence-corrected chi connectivity index (χ3v) is 4.23. The Morgan fingerprint density at radius 2 is 1.10 bits per heavy atom. The lowest BCUT2D eigenvalue weighted by atomic mass is 9.43. The SMILES string of the molecule is CN(C)B1[C@@H](c2ccccc2)C=C[C@@H]1c1ccccc1. The van der Waals surface area contributed by atoms with E-state index in [1.54, 1.807) is 0 Å². The first-order valence-corrected chi connectivity index (χ1v) is 7.22. The zero-order chi connectivity index (χ0) is 13.9. The van der Waals surface area contributed by atoms with Crippen LogP contribution in [0.25, 0.3) is 0 Å². The van der Waals surface area contributed by atoms with Crippen molar-refractivity contribution in [2.75, 3.05) is 14.1 Å². The summed E-state index contributed by atoms with van der Waals surface area (Å²) >= 11 is 0. The second-order valence-electron chi connectivity index (χ2n) is 5.71.